The van der Waals surface area contributed by atoms with Gasteiger partial charge >= 0.3 is 0 Å². The minimum Gasteiger partial charge on any atom is -0.356 e. The van der Waals surface area contributed by atoms with Crippen molar-refractivity contribution in [2.75, 3.05) is 13.1 Å². The summed E-state index contributed by atoms with van der Waals surface area (Å²) in [6.45, 7) is 1.46. The first kappa shape index (κ1) is 15.7. The van der Waals surface area contributed by atoms with Gasteiger partial charge in [-0.1, -0.05) is 30.3 Å². The van der Waals surface area contributed by atoms with Crippen molar-refractivity contribution in [3.63, 3.8) is 0 Å². The van der Waals surface area contributed by atoms with Crippen molar-refractivity contribution < 1.29 is 4.79 Å². The van der Waals surface area contributed by atoms with E-state index in [4.69, 9.17) is 6.42 Å². The minimum absolute atomic E-state index is 0.0212. The number of carbonyl (C=O) groups is 1. The van der Waals surface area contributed by atoms with Crippen LogP contribution in [0.4, 0.5) is 0 Å². The van der Waals surface area contributed by atoms with Gasteiger partial charge in [-0.15, -0.1) is 12.3 Å². The monoisotopic (exact) mass is 310 g/mol. The van der Waals surface area contributed by atoms with Crippen molar-refractivity contribution >= 4 is 5.91 Å². The minimum atomic E-state index is -0.327. The Morgan fingerprint density at radius 1 is 1.35 bits per heavy atom. The summed E-state index contributed by atoms with van der Waals surface area (Å²) in [7, 11) is 0. The van der Waals surface area contributed by atoms with Gasteiger partial charge in [0.1, 0.15) is 0 Å². The van der Waals surface area contributed by atoms with E-state index in [0.717, 1.165) is 25.8 Å². The molecule has 120 valence electrons. The molecular weight excluding hydrogens is 288 g/mol. The lowest BCUT2D eigenvalue weighted by molar-refractivity contribution is -0.125. The molecule has 5 nitrogen and oxygen atoms in total. The normalized spacial score (nSPS) is 24.1. The Bertz CT molecular complexity index is 614. The van der Waals surface area contributed by atoms with Gasteiger partial charge in [0.05, 0.1) is 5.92 Å². The molecule has 1 fully saturated rings. The highest BCUT2D eigenvalue weighted by Crippen LogP contribution is 2.36. The first-order chi connectivity index (χ1) is 11.2. The Morgan fingerprint density at radius 3 is 2.83 bits per heavy atom. The van der Waals surface area contributed by atoms with Crippen LogP contribution in [0.1, 0.15) is 37.3 Å². The third-order valence-electron chi connectivity index (χ3n) is 4.59. The van der Waals surface area contributed by atoms with E-state index < -0.39 is 0 Å². The Morgan fingerprint density at radius 2 is 2.13 bits per heavy atom. The van der Waals surface area contributed by atoms with Gasteiger partial charge in [-0.25, -0.2) is 0 Å². The smallest absolute Gasteiger partial charge is 0.225 e. The van der Waals surface area contributed by atoms with Crippen molar-refractivity contribution in [3.8, 4) is 12.3 Å². The van der Waals surface area contributed by atoms with E-state index in [1.807, 2.05) is 18.2 Å². The molecule has 2 aliphatic rings. The Kier molecular flexibility index (Phi) is 4.73. The molecule has 0 saturated carbocycles. The lowest BCUT2D eigenvalue weighted by atomic mass is 9.93. The van der Waals surface area contributed by atoms with Crippen LogP contribution in [-0.2, 0) is 4.79 Å². The standard InChI is InChI=1S/C18H22N4O/c1-2-3-10-18(21-22-18)11-13-20-17(23)15-9-12-19-16(15)14-7-5-4-6-8-14/h1,4-8,15-16,19H,3,9-13H2,(H,20,23). The average Bonchev–Trinajstić information content (AvgIpc) is 3.17. The fraction of sp³-hybridized carbons (Fsp3) is 0.500. The van der Waals surface area contributed by atoms with E-state index in [1.54, 1.807) is 0 Å². The summed E-state index contributed by atoms with van der Waals surface area (Å²) < 4.78 is 0. The lowest BCUT2D eigenvalue weighted by Gasteiger charge is -2.20. The molecule has 23 heavy (non-hydrogen) atoms. The van der Waals surface area contributed by atoms with Gasteiger partial charge in [0.25, 0.3) is 0 Å². The van der Waals surface area contributed by atoms with Gasteiger partial charge in [-0.2, -0.15) is 10.2 Å². The Labute approximate surface area is 137 Å². The maximum absolute atomic E-state index is 12.5. The molecule has 1 aromatic rings. The van der Waals surface area contributed by atoms with Gasteiger partial charge in [-0.05, 0) is 18.5 Å². The van der Waals surface area contributed by atoms with Crippen LogP contribution in [0.5, 0.6) is 0 Å². The summed E-state index contributed by atoms with van der Waals surface area (Å²) in [6.07, 6.45) is 8.32. The predicted octanol–water partition coefficient (Wildman–Crippen LogP) is 2.42. The zero-order valence-electron chi connectivity index (χ0n) is 13.2. The molecule has 2 aliphatic heterocycles. The molecule has 0 aromatic heterocycles. The van der Waals surface area contributed by atoms with Crippen molar-refractivity contribution in [3.05, 3.63) is 35.9 Å². The third-order valence-corrected chi connectivity index (χ3v) is 4.59. The second kappa shape index (κ2) is 6.93. The molecule has 2 unspecified atom stereocenters. The van der Waals surface area contributed by atoms with Crippen LogP contribution in [0.15, 0.2) is 40.6 Å². The van der Waals surface area contributed by atoms with Crippen LogP contribution >= 0.6 is 0 Å². The van der Waals surface area contributed by atoms with Crippen LogP contribution in [0.25, 0.3) is 0 Å². The number of nitrogens with one attached hydrogen (secondary N) is 2. The molecule has 0 bridgehead atoms. The van der Waals surface area contributed by atoms with E-state index >= 15 is 0 Å². The van der Waals surface area contributed by atoms with E-state index in [1.165, 1.54) is 5.56 Å². The van der Waals surface area contributed by atoms with E-state index in [2.05, 4.69) is 38.9 Å². The summed E-state index contributed by atoms with van der Waals surface area (Å²) in [4.78, 5) is 12.5. The Balaban J connectivity index is 1.49. The van der Waals surface area contributed by atoms with Crippen LogP contribution in [0.3, 0.4) is 0 Å². The van der Waals surface area contributed by atoms with E-state index in [-0.39, 0.29) is 23.5 Å². The number of hydrogen-bond donors (Lipinski definition) is 2. The molecule has 0 aliphatic carbocycles. The fourth-order valence-corrected chi connectivity index (χ4v) is 3.18. The first-order valence-corrected chi connectivity index (χ1v) is 8.18. The third kappa shape index (κ3) is 3.77. The summed E-state index contributed by atoms with van der Waals surface area (Å²) in [5, 5.41) is 14.7. The summed E-state index contributed by atoms with van der Waals surface area (Å²) in [5.41, 5.74) is 0.842. The number of rotatable bonds is 7. The summed E-state index contributed by atoms with van der Waals surface area (Å²) in [5.74, 6) is 2.70. The maximum Gasteiger partial charge on any atom is 0.225 e. The van der Waals surface area contributed by atoms with Gasteiger partial charge in [0.15, 0.2) is 5.66 Å². The molecule has 5 heteroatoms. The number of terminal acetylenes is 1. The topological polar surface area (TPSA) is 65.8 Å². The molecule has 2 heterocycles. The number of benzene rings is 1. The van der Waals surface area contributed by atoms with Gasteiger partial charge in [0.2, 0.25) is 5.91 Å². The fourth-order valence-electron chi connectivity index (χ4n) is 3.18. The number of amides is 1. The van der Waals surface area contributed by atoms with Crippen LogP contribution in [0, 0.1) is 18.3 Å². The van der Waals surface area contributed by atoms with Gasteiger partial charge < -0.3 is 10.6 Å². The number of carbonyl (C=O) groups excluding carboxylic acids is 1. The van der Waals surface area contributed by atoms with Crippen molar-refractivity contribution in [1.29, 1.82) is 0 Å². The van der Waals surface area contributed by atoms with Crippen molar-refractivity contribution in [2.45, 2.75) is 37.4 Å². The van der Waals surface area contributed by atoms with Crippen LogP contribution in [-0.4, -0.2) is 24.7 Å². The number of nitrogens with zero attached hydrogens (tertiary/aromatic N) is 2. The first-order valence-electron chi connectivity index (χ1n) is 8.18. The highest BCUT2D eigenvalue weighted by atomic mass is 16.1. The maximum atomic E-state index is 12.5. The average molecular weight is 310 g/mol. The molecule has 1 amide bonds. The van der Waals surface area contributed by atoms with E-state index in [0.29, 0.717) is 13.0 Å². The quantitative estimate of drug-likeness (QED) is 0.760. The van der Waals surface area contributed by atoms with Crippen molar-refractivity contribution in [1.82, 2.24) is 10.6 Å². The molecule has 2 atom stereocenters. The summed E-state index contributed by atoms with van der Waals surface area (Å²) >= 11 is 0. The highest BCUT2D eigenvalue weighted by molar-refractivity contribution is 5.80. The molecule has 1 aromatic carbocycles. The SMILES string of the molecule is C#CCCC1(CCNC(=O)C2CCNC2c2ccccc2)N=N1. The second-order valence-electron chi connectivity index (χ2n) is 6.17. The predicted molar refractivity (Wildman–Crippen MR) is 88.6 cm³/mol. The van der Waals surface area contributed by atoms with Crippen molar-refractivity contribution in [2.24, 2.45) is 16.1 Å². The van der Waals surface area contributed by atoms with Gasteiger partial charge in [-0.3, -0.25) is 4.79 Å². The largest absolute Gasteiger partial charge is 0.356 e. The summed E-state index contributed by atoms with van der Waals surface area (Å²) in [6, 6.07) is 10.2. The van der Waals surface area contributed by atoms with Gasteiger partial charge in [0, 0.05) is 31.8 Å². The highest BCUT2D eigenvalue weighted by Gasteiger charge is 2.39. The second-order valence-corrected chi connectivity index (χ2v) is 6.17. The lowest BCUT2D eigenvalue weighted by Crippen LogP contribution is -2.35. The zero-order valence-corrected chi connectivity index (χ0v) is 13.2. The molecule has 1 saturated heterocycles. The van der Waals surface area contributed by atoms with Crippen LogP contribution in [0.2, 0.25) is 0 Å². The molecule has 3 rings (SSSR count). The molecule has 2 N–H and O–H groups in total. The number of hydrogen-bond acceptors (Lipinski definition) is 4. The molecule has 0 spiro atoms. The zero-order chi connectivity index (χ0) is 16.1. The molecular formula is C18H22N4O. The van der Waals surface area contributed by atoms with Crippen LogP contribution < -0.4 is 10.6 Å². The van der Waals surface area contributed by atoms with E-state index in [9.17, 15) is 4.79 Å². The Hall–Kier alpha value is -2.19. The molecule has 0 radical (unpaired) electrons.